The lowest BCUT2D eigenvalue weighted by molar-refractivity contribution is 0.475. The highest BCUT2D eigenvalue weighted by Gasteiger charge is 1.89. The van der Waals surface area contributed by atoms with Crippen molar-refractivity contribution in [1.82, 2.24) is 10.9 Å². The minimum Gasteiger partial charge on any atom is -0.508 e. The van der Waals surface area contributed by atoms with E-state index in [-0.39, 0.29) is 10.9 Å². The molecule has 0 aliphatic carbocycles. The number of hydrogen-bond donors (Lipinski definition) is 4. The monoisotopic (exact) mass is 210 g/mol. The van der Waals surface area contributed by atoms with Gasteiger partial charge in [0.25, 0.3) is 0 Å². The molecule has 0 aliphatic rings. The van der Waals surface area contributed by atoms with E-state index in [1.807, 2.05) is 0 Å². The van der Waals surface area contributed by atoms with E-state index in [0.29, 0.717) is 0 Å². The van der Waals surface area contributed by atoms with E-state index in [1.54, 1.807) is 30.5 Å². The van der Waals surface area contributed by atoms with Gasteiger partial charge in [-0.25, -0.2) is 5.84 Å². The number of benzene rings is 1. The largest absolute Gasteiger partial charge is 0.508 e. The van der Waals surface area contributed by atoms with Crippen LogP contribution in [-0.4, -0.2) is 16.4 Å². The highest BCUT2D eigenvalue weighted by Crippen LogP contribution is 2.07. The van der Waals surface area contributed by atoms with Gasteiger partial charge in [0, 0.05) is 0 Å². The number of nitrogens with one attached hydrogen (secondary N) is 2. The van der Waals surface area contributed by atoms with Crippen molar-refractivity contribution in [3.63, 3.8) is 0 Å². The number of phenolic OH excluding ortho intramolecular Hbond substituents is 1. The molecule has 74 valence electrons. The van der Waals surface area contributed by atoms with E-state index in [2.05, 4.69) is 16.0 Å². The van der Waals surface area contributed by atoms with Crippen LogP contribution >= 0.6 is 12.2 Å². The zero-order chi connectivity index (χ0) is 10.4. The van der Waals surface area contributed by atoms with Crippen LogP contribution in [0.25, 0.3) is 0 Å². The summed E-state index contributed by atoms with van der Waals surface area (Å²) >= 11 is 4.69. The van der Waals surface area contributed by atoms with Crippen molar-refractivity contribution in [2.24, 2.45) is 10.9 Å². The van der Waals surface area contributed by atoms with E-state index in [0.717, 1.165) is 5.56 Å². The third-order valence-electron chi connectivity index (χ3n) is 1.40. The first kappa shape index (κ1) is 10.4. The summed E-state index contributed by atoms with van der Waals surface area (Å²) in [6.07, 6.45) is 1.56. The molecule has 0 heterocycles. The molecule has 0 bridgehead atoms. The number of nitrogens with zero attached hydrogens (tertiary/aromatic N) is 1. The third-order valence-corrected chi connectivity index (χ3v) is 1.61. The Balaban J connectivity index is 2.52. The molecule has 0 amide bonds. The Hall–Kier alpha value is -1.66. The summed E-state index contributed by atoms with van der Waals surface area (Å²) in [5.74, 6) is 5.23. The molecular formula is C8H10N4OS. The smallest absolute Gasteiger partial charge is 0.201 e. The molecule has 0 atom stereocenters. The van der Waals surface area contributed by atoms with Crippen molar-refractivity contribution in [3.05, 3.63) is 29.8 Å². The molecule has 0 fully saturated rings. The molecule has 14 heavy (non-hydrogen) atoms. The number of rotatable bonds is 2. The Labute approximate surface area is 86.6 Å². The number of nitrogens with two attached hydrogens (primary N) is 1. The van der Waals surface area contributed by atoms with Crippen LogP contribution in [0.4, 0.5) is 0 Å². The number of thiocarbonyl (C=S) groups is 1. The maximum atomic E-state index is 9.00. The summed E-state index contributed by atoms with van der Waals surface area (Å²) in [7, 11) is 0. The number of hydrogen-bond acceptors (Lipinski definition) is 4. The minimum atomic E-state index is 0.217. The molecule has 0 aromatic heterocycles. The van der Waals surface area contributed by atoms with Gasteiger partial charge in [0.05, 0.1) is 6.21 Å². The molecule has 5 nitrogen and oxygen atoms in total. The first-order valence-electron chi connectivity index (χ1n) is 3.81. The van der Waals surface area contributed by atoms with Gasteiger partial charge in [0.2, 0.25) is 5.11 Å². The fraction of sp³-hybridized carbons (Fsp3) is 0. The lowest BCUT2D eigenvalue weighted by Crippen LogP contribution is -2.37. The summed E-state index contributed by atoms with van der Waals surface area (Å²) in [6, 6.07) is 6.58. The lowest BCUT2D eigenvalue weighted by Gasteiger charge is -1.99. The summed E-state index contributed by atoms with van der Waals surface area (Å²) in [5, 5.41) is 13.0. The summed E-state index contributed by atoms with van der Waals surface area (Å²) < 4.78 is 0. The quantitative estimate of drug-likeness (QED) is 0.240. The van der Waals surface area contributed by atoms with E-state index in [9.17, 15) is 0 Å². The molecule has 1 aromatic rings. The highest BCUT2D eigenvalue weighted by molar-refractivity contribution is 7.80. The zero-order valence-electron chi connectivity index (χ0n) is 7.27. The Morgan fingerprint density at radius 2 is 2.07 bits per heavy atom. The average molecular weight is 210 g/mol. The SMILES string of the molecule is NNC(=S)N/N=C/c1ccc(O)cc1. The van der Waals surface area contributed by atoms with Gasteiger partial charge in [-0.05, 0) is 42.0 Å². The maximum absolute atomic E-state index is 9.00. The normalized spacial score (nSPS) is 10.1. The van der Waals surface area contributed by atoms with Gasteiger partial charge in [-0.15, -0.1) is 0 Å². The standard InChI is InChI=1S/C8H10N4OS/c9-11-8(14)12-10-5-6-1-3-7(13)4-2-6/h1-5,13H,9H2,(H2,11,12,14)/b10-5+. The van der Waals surface area contributed by atoms with Crippen LogP contribution in [-0.2, 0) is 0 Å². The predicted molar refractivity (Wildman–Crippen MR) is 58.8 cm³/mol. The van der Waals surface area contributed by atoms with Crippen LogP contribution in [0.1, 0.15) is 5.56 Å². The molecule has 0 spiro atoms. The van der Waals surface area contributed by atoms with Gasteiger partial charge >= 0.3 is 0 Å². The van der Waals surface area contributed by atoms with Crippen LogP contribution < -0.4 is 16.7 Å². The number of phenols is 1. The molecule has 5 N–H and O–H groups in total. The van der Waals surface area contributed by atoms with Crippen LogP contribution in [0.3, 0.4) is 0 Å². The van der Waals surface area contributed by atoms with Crippen LogP contribution in [0.15, 0.2) is 29.4 Å². The van der Waals surface area contributed by atoms with E-state index >= 15 is 0 Å². The fourth-order valence-corrected chi connectivity index (χ4v) is 0.811. The summed E-state index contributed by atoms with van der Waals surface area (Å²) in [6.45, 7) is 0. The molecule has 1 aromatic carbocycles. The molecular weight excluding hydrogens is 200 g/mol. The molecule has 0 unspecified atom stereocenters. The first-order chi connectivity index (χ1) is 6.72. The second-order valence-electron chi connectivity index (χ2n) is 2.43. The van der Waals surface area contributed by atoms with Gasteiger partial charge in [0.15, 0.2) is 0 Å². The van der Waals surface area contributed by atoms with Gasteiger partial charge in [0.1, 0.15) is 5.75 Å². The van der Waals surface area contributed by atoms with Crippen molar-refractivity contribution in [2.75, 3.05) is 0 Å². The highest BCUT2D eigenvalue weighted by atomic mass is 32.1. The van der Waals surface area contributed by atoms with Crippen molar-refractivity contribution in [1.29, 1.82) is 0 Å². The topological polar surface area (TPSA) is 82.7 Å². The second-order valence-corrected chi connectivity index (χ2v) is 2.84. The molecule has 6 heteroatoms. The van der Waals surface area contributed by atoms with Gasteiger partial charge < -0.3 is 5.11 Å². The van der Waals surface area contributed by atoms with E-state index < -0.39 is 0 Å². The minimum absolute atomic E-state index is 0.217. The molecule has 1 rings (SSSR count). The molecule has 0 aliphatic heterocycles. The lowest BCUT2D eigenvalue weighted by atomic mass is 10.2. The summed E-state index contributed by atoms with van der Waals surface area (Å²) in [5.41, 5.74) is 5.57. The molecule has 0 radical (unpaired) electrons. The Morgan fingerprint density at radius 3 is 2.64 bits per heavy atom. The van der Waals surface area contributed by atoms with Gasteiger partial charge in [-0.1, -0.05) is 0 Å². The number of hydrazone groups is 1. The summed E-state index contributed by atoms with van der Waals surface area (Å²) in [4.78, 5) is 0. The Kier molecular flexibility index (Phi) is 3.84. The van der Waals surface area contributed by atoms with Crippen LogP contribution in [0, 0.1) is 0 Å². The fourth-order valence-electron chi connectivity index (χ4n) is 0.758. The van der Waals surface area contributed by atoms with E-state index in [1.165, 1.54) is 0 Å². The predicted octanol–water partition coefficient (Wildman–Crippen LogP) is 0.0639. The average Bonchev–Trinajstić information content (AvgIpc) is 2.21. The number of hydrazine groups is 1. The number of aromatic hydroxyl groups is 1. The van der Waals surface area contributed by atoms with E-state index in [4.69, 9.17) is 23.2 Å². The third kappa shape index (κ3) is 3.38. The molecule has 0 saturated carbocycles. The first-order valence-corrected chi connectivity index (χ1v) is 4.22. The van der Waals surface area contributed by atoms with Crippen molar-refractivity contribution >= 4 is 23.5 Å². The Morgan fingerprint density at radius 1 is 1.43 bits per heavy atom. The van der Waals surface area contributed by atoms with Gasteiger partial charge in [-0.3, -0.25) is 10.9 Å². The maximum Gasteiger partial charge on any atom is 0.201 e. The van der Waals surface area contributed by atoms with Crippen molar-refractivity contribution in [3.8, 4) is 5.75 Å². The van der Waals surface area contributed by atoms with Crippen LogP contribution in [0.5, 0.6) is 5.75 Å². The Bertz CT molecular complexity index is 336. The second kappa shape index (κ2) is 5.15. The molecule has 0 saturated heterocycles. The van der Waals surface area contributed by atoms with Gasteiger partial charge in [-0.2, -0.15) is 5.10 Å². The van der Waals surface area contributed by atoms with Crippen LogP contribution in [0.2, 0.25) is 0 Å². The van der Waals surface area contributed by atoms with Crippen molar-refractivity contribution < 1.29 is 5.11 Å². The van der Waals surface area contributed by atoms with Crippen molar-refractivity contribution in [2.45, 2.75) is 0 Å². The zero-order valence-corrected chi connectivity index (χ0v) is 8.08.